The van der Waals surface area contributed by atoms with E-state index in [1.165, 1.54) is 4.88 Å². The normalized spacial score (nSPS) is 18.8. The van der Waals surface area contributed by atoms with Crippen LogP contribution in [-0.2, 0) is 0 Å². The third-order valence-corrected chi connectivity index (χ3v) is 6.56. The monoisotopic (exact) mass is 438 g/mol. The fourth-order valence-corrected chi connectivity index (χ4v) is 4.77. The molecule has 5 nitrogen and oxygen atoms in total. The van der Waals surface area contributed by atoms with E-state index in [4.69, 9.17) is 14.2 Å². The van der Waals surface area contributed by atoms with E-state index < -0.39 is 0 Å². The molecule has 140 valence electrons. The molecule has 1 aromatic heterocycles. The first kappa shape index (κ1) is 18.1. The highest BCUT2D eigenvalue weighted by Gasteiger charge is 2.24. The summed E-state index contributed by atoms with van der Waals surface area (Å²) in [6.07, 6.45) is 0.947. The van der Waals surface area contributed by atoms with Crippen LogP contribution < -0.4 is 14.2 Å². The number of ether oxygens (including phenoxy) is 3. The highest BCUT2D eigenvalue weighted by atomic mass is 79.9. The highest BCUT2D eigenvalue weighted by Crippen LogP contribution is 2.43. The second-order valence-electron chi connectivity index (χ2n) is 6.67. The third kappa shape index (κ3) is 4.17. The number of hydrogen-bond donors (Lipinski definition) is 0. The molecular formula is C19H23BrN2O3S. The molecule has 0 unspecified atom stereocenters. The molecule has 1 aromatic carbocycles. The Balaban J connectivity index is 1.48. The number of hydrogen-bond acceptors (Lipinski definition) is 6. The summed E-state index contributed by atoms with van der Waals surface area (Å²) in [5.41, 5.74) is 0. The van der Waals surface area contributed by atoms with Gasteiger partial charge in [-0.05, 0) is 47.2 Å². The maximum absolute atomic E-state index is 6.42. The minimum Gasteiger partial charge on any atom is -0.481 e. The lowest BCUT2D eigenvalue weighted by Crippen LogP contribution is -2.45. The largest absolute Gasteiger partial charge is 0.481 e. The molecule has 0 bridgehead atoms. The molecule has 2 aliphatic heterocycles. The number of thiophene rings is 1. The second kappa shape index (κ2) is 8.17. The van der Waals surface area contributed by atoms with Gasteiger partial charge in [0.2, 0.25) is 12.5 Å². The number of halogens is 1. The van der Waals surface area contributed by atoms with Crippen molar-refractivity contribution < 1.29 is 14.2 Å². The molecule has 7 heteroatoms. The topological polar surface area (TPSA) is 34.2 Å². The lowest BCUT2D eigenvalue weighted by atomic mass is 10.2. The summed E-state index contributed by atoms with van der Waals surface area (Å²) in [5, 5.41) is 0. The van der Waals surface area contributed by atoms with Gasteiger partial charge >= 0.3 is 0 Å². The van der Waals surface area contributed by atoms with Crippen molar-refractivity contribution in [3.05, 3.63) is 39.0 Å². The average Bonchev–Trinajstić information content (AvgIpc) is 3.29. The van der Waals surface area contributed by atoms with Crippen molar-refractivity contribution in [2.75, 3.05) is 46.6 Å². The van der Waals surface area contributed by atoms with E-state index in [2.05, 4.69) is 44.9 Å². The van der Waals surface area contributed by atoms with Crippen molar-refractivity contribution in [2.45, 2.75) is 12.5 Å². The Bertz CT molecular complexity index is 746. The van der Waals surface area contributed by atoms with E-state index in [1.54, 1.807) is 11.3 Å². The molecule has 0 spiro atoms. The first-order chi connectivity index (χ1) is 12.7. The Labute approximate surface area is 166 Å². The van der Waals surface area contributed by atoms with Gasteiger partial charge in [-0.25, -0.2) is 0 Å². The van der Waals surface area contributed by atoms with E-state index in [-0.39, 0.29) is 12.9 Å². The summed E-state index contributed by atoms with van der Waals surface area (Å²) in [4.78, 5) is 6.13. The van der Waals surface area contributed by atoms with Crippen LogP contribution in [-0.4, -0.2) is 56.4 Å². The molecule has 1 atom stereocenters. The van der Waals surface area contributed by atoms with Gasteiger partial charge in [-0.2, -0.15) is 0 Å². The lowest BCUT2D eigenvalue weighted by Gasteiger charge is -2.33. The maximum Gasteiger partial charge on any atom is 0.231 e. The Hall–Kier alpha value is -1.28. The van der Waals surface area contributed by atoms with Gasteiger partial charge in [0, 0.05) is 44.0 Å². The molecule has 2 aromatic rings. The van der Waals surface area contributed by atoms with E-state index in [0.29, 0.717) is 5.75 Å². The van der Waals surface area contributed by atoms with Crippen LogP contribution in [0.15, 0.2) is 34.1 Å². The second-order valence-corrected chi connectivity index (χ2v) is 9.17. The predicted octanol–water partition coefficient (Wildman–Crippen LogP) is 4.00. The number of fused-ring (bicyclic) bond motifs is 1. The fraction of sp³-hybridized carbons (Fsp3) is 0.474. The summed E-state index contributed by atoms with van der Waals surface area (Å²) >= 11 is 5.30. The van der Waals surface area contributed by atoms with Crippen molar-refractivity contribution in [3.8, 4) is 17.2 Å². The summed E-state index contributed by atoms with van der Waals surface area (Å²) in [6, 6.07) is 10.0. The van der Waals surface area contributed by atoms with Crippen molar-refractivity contribution in [1.29, 1.82) is 0 Å². The van der Waals surface area contributed by atoms with Gasteiger partial charge in [0.15, 0.2) is 11.5 Å². The fourth-order valence-electron chi connectivity index (χ4n) is 3.28. The smallest absolute Gasteiger partial charge is 0.231 e. The van der Waals surface area contributed by atoms with Crippen LogP contribution in [0.4, 0.5) is 0 Å². The molecule has 0 aliphatic carbocycles. The van der Waals surface area contributed by atoms with Gasteiger partial charge in [-0.15, -0.1) is 11.3 Å². The number of para-hydroxylation sites is 1. The SMILES string of the molecule is CN1CCN(CC[C@H](Oc2cccc3c2OCO3)c2ccc(Br)s2)CC1. The molecule has 1 fully saturated rings. The van der Waals surface area contributed by atoms with Crippen LogP contribution in [0.25, 0.3) is 0 Å². The lowest BCUT2D eigenvalue weighted by molar-refractivity contribution is 0.121. The zero-order chi connectivity index (χ0) is 17.9. The molecule has 0 saturated carbocycles. The zero-order valence-electron chi connectivity index (χ0n) is 14.8. The van der Waals surface area contributed by atoms with Gasteiger partial charge in [-0.1, -0.05) is 6.07 Å². The van der Waals surface area contributed by atoms with Crippen molar-refractivity contribution in [1.82, 2.24) is 9.80 Å². The van der Waals surface area contributed by atoms with Crippen LogP contribution in [0, 0.1) is 0 Å². The Kier molecular flexibility index (Phi) is 5.69. The van der Waals surface area contributed by atoms with Crippen LogP contribution in [0.3, 0.4) is 0 Å². The van der Waals surface area contributed by atoms with Crippen molar-refractivity contribution >= 4 is 27.3 Å². The molecule has 26 heavy (non-hydrogen) atoms. The molecule has 1 saturated heterocycles. The Morgan fingerprint density at radius 3 is 2.77 bits per heavy atom. The van der Waals surface area contributed by atoms with Crippen molar-refractivity contribution in [2.24, 2.45) is 0 Å². The van der Waals surface area contributed by atoms with Gasteiger partial charge in [0.05, 0.1) is 3.79 Å². The van der Waals surface area contributed by atoms with E-state index >= 15 is 0 Å². The van der Waals surface area contributed by atoms with Crippen LogP contribution in [0.1, 0.15) is 17.4 Å². The van der Waals surface area contributed by atoms with Crippen LogP contribution in [0.5, 0.6) is 17.2 Å². The zero-order valence-corrected chi connectivity index (χ0v) is 17.2. The van der Waals surface area contributed by atoms with Gasteiger partial charge in [0.25, 0.3) is 0 Å². The van der Waals surface area contributed by atoms with Crippen LogP contribution >= 0.6 is 27.3 Å². The molecule has 3 heterocycles. The summed E-state index contributed by atoms with van der Waals surface area (Å²) < 4.78 is 18.6. The number of rotatable bonds is 6. The molecule has 0 radical (unpaired) electrons. The van der Waals surface area contributed by atoms with Gasteiger partial charge < -0.3 is 24.0 Å². The van der Waals surface area contributed by atoms with Gasteiger partial charge in [-0.3, -0.25) is 0 Å². The predicted molar refractivity (Wildman–Crippen MR) is 107 cm³/mol. The maximum atomic E-state index is 6.42. The number of nitrogens with zero attached hydrogens (tertiary/aromatic N) is 2. The summed E-state index contributed by atoms with van der Waals surface area (Å²) in [6.45, 7) is 5.79. The standard InChI is InChI=1S/C19H23BrN2O3S/c1-21-9-11-22(12-10-21)8-7-14(17-5-6-18(20)26-17)25-16-4-2-3-15-19(16)24-13-23-15/h2-6,14H,7-13H2,1H3/t14-/m0/s1. The average molecular weight is 439 g/mol. The number of likely N-dealkylation sites (N-methyl/N-ethyl adjacent to an activating group) is 1. The van der Waals surface area contributed by atoms with E-state index in [0.717, 1.165) is 54.4 Å². The first-order valence-corrected chi connectivity index (χ1v) is 10.5. The van der Waals surface area contributed by atoms with Gasteiger partial charge in [0.1, 0.15) is 6.10 Å². The minimum absolute atomic E-state index is 0.00153. The number of benzene rings is 1. The van der Waals surface area contributed by atoms with E-state index in [9.17, 15) is 0 Å². The van der Waals surface area contributed by atoms with Crippen LogP contribution in [0.2, 0.25) is 0 Å². The molecular weight excluding hydrogens is 416 g/mol. The quantitative estimate of drug-likeness (QED) is 0.680. The molecule has 0 N–H and O–H groups in total. The Morgan fingerprint density at radius 1 is 1.15 bits per heavy atom. The first-order valence-electron chi connectivity index (χ1n) is 8.90. The summed E-state index contributed by atoms with van der Waals surface area (Å²) in [5.74, 6) is 2.23. The molecule has 4 rings (SSSR count). The minimum atomic E-state index is 0.00153. The van der Waals surface area contributed by atoms with E-state index in [1.807, 2.05) is 18.2 Å². The van der Waals surface area contributed by atoms with Crippen molar-refractivity contribution in [3.63, 3.8) is 0 Å². The molecule has 2 aliphatic rings. The third-order valence-electron chi connectivity index (χ3n) is 4.84. The summed E-state index contributed by atoms with van der Waals surface area (Å²) in [7, 11) is 2.18. The molecule has 0 amide bonds. The Morgan fingerprint density at radius 2 is 2.00 bits per heavy atom. The number of piperazine rings is 1. The highest BCUT2D eigenvalue weighted by molar-refractivity contribution is 9.11.